The Bertz CT molecular complexity index is 462. The third kappa shape index (κ3) is 5.00. The Hall–Kier alpha value is -1.04. The number of benzene rings is 1. The van der Waals surface area contributed by atoms with E-state index in [1.165, 1.54) is 12.1 Å². The monoisotopic (exact) mass is 312 g/mol. The number of likely N-dealkylation sites (tertiary alicyclic amines) is 1. The average Bonchev–Trinajstić information content (AvgIpc) is 2.52. The van der Waals surface area contributed by atoms with E-state index in [-0.39, 0.29) is 18.0 Å². The summed E-state index contributed by atoms with van der Waals surface area (Å²) < 4.78 is 27.1. The molecular weight excluding hydrogens is 286 g/mol. The first-order valence-corrected chi connectivity index (χ1v) is 8.19. The Kier molecular flexibility index (Phi) is 6.73. The van der Waals surface area contributed by atoms with Crippen LogP contribution in [0.3, 0.4) is 0 Å². The number of aliphatic hydroxyl groups is 1. The molecule has 3 nitrogen and oxygen atoms in total. The van der Waals surface area contributed by atoms with Crippen LogP contribution in [0.4, 0.5) is 8.78 Å². The van der Waals surface area contributed by atoms with E-state index in [1.807, 2.05) is 6.92 Å². The molecular formula is C17H26F2N2O. The van der Waals surface area contributed by atoms with Crippen molar-refractivity contribution in [1.29, 1.82) is 0 Å². The summed E-state index contributed by atoms with van der Waals surface area (Å²) in [7, 11) is 0. The minimum absolute atomic E-state index is 0.144. The maximum Gasteiger partial charge on any atom is 0.128 e. The van der Waals surface area contributed by atoms with Gasteiger partial charge in [0.25, 0.3) is 0 Å². The molecule has 1 aromatic rings. The third-order valence-corrected chi connectivity index (χ3v) is 4.34. The summed E-state index contributed by atoms with van der Waals surface area (Å²) in [6, 6.07) is 3.46. The highest BCUT2D eigenvalue weighted by molar-refractivity contribution is 5.22. The van der Waals surface area contributed by atoms with Gasteiger partial charge >= 0.3 is 0 Å². The summed E-state index contributed by atoms with van der Waals surface area (Å²) in [6.07, 6.45) is 3.23. The van der Waals surface area contributed by atoms with E-state index in [9.17, 15) is 13.9 Å². The molecule has 124 valence electrons. The van der Waals surface area contributed by atoms with Crippen LogP contribution in [0.15, 0.2) is 18.2 Å². The lowest BCUT2D eigenvalue weighted by Crippen LogP contribution is -2.37. The predicted octanol–water partition coefficient (Wildman–Crippen LogP) is 2.85. The maximum atomic E-state index is 13.8. The van der Waals surface area contributed by atoms with Crippen molar-refractivity contribution in [2.45, 2.75) is 44.8 Å². The fraction of sp³-hybridized carbons (Fsp3) is 0.647. The lowest BCUT2D eigenvalue weighted by molar-refractivity contribution is 0.0820. The fourth-order valence-corrected chi connectivity index (χ4v) is 2.98. The molecule has 1 fully saturated rings. The van der Waals surface area contributed by atoms with Crippen LogP contribution in [0.2, 0.25) is 0 Å². The normalized spacial score (nSPS) is 18.5. The molecule has 0 radical (unpaired) electrons. The summed E-state index contributed by atoms with van der Waals surface area (Å²) in [6.45, 7) is 5.59. The van der Waals surface area contributed by atoms with E-state index < -0.39 is 5.82 Å². The molecule has 0 spiro atoms. The van der Waals surface area contributed by atoms with Gasteiger partial charge in [0.1, 0.15) is 11.6 Å². The van der Waals surface area contributed by atoms with E-state index in [0.717, 1.165) is 57.9 Å². The van der Waals surface area contributed by atoms with Gasteiger partial charge in [0.2, 0.25) is 0 Å². The first-order valence-electron chi connectivity index (χ1n) is 8.19. The van der Waals surface area contributed by atoms with Crippen molar-refractivity contribution in [3.8, 4) is 0 Å². The first-order chi connectivity index (χ1) is 10.6. The minimum atomic E-state index is -0.400. The standard InChI is InChI=1S/C17H26F2N2O/c1-2-17(15-12-13(18)4-5-16(15)19)20-8-3-9-21-10-6-14(22)7-11-21/h4-5,12,14,17,20,22H,2-3,6-11H2,1H3. The summed E-state index contributed by atoms with van der Waals surface area (Å²) in [4.78, 5) is 2.35. The van der Waals surface area contributed by atoms with E-state index in [4.69, 9.17) is 0 Å². The van der Waals surface area contributed by atoms with Crippen LogP contribution < -0.4 is 5.32 Å². The molecule has 1 aliphatic rings. The molecule has 0 aliphatic carbocycles. The number of hydrogen-bond donors (Lipinski definition) is 2. The molecule has 5 heteroatoms. The topological polar surface area (TPSA) is 35.5 Å². The molecule has 1 heterocycles. The average molecular weight is 312 g/mol. The number of halogens is 2. The highest BCUT2D eigenvalue weighted by Gasteiger charge is 2.17. The lowest BCUT2D eigenvalue weighted by atomic mass is 10.0. The second-order valence-electron chi connectivity index (χ2n) is 6.01. The molecule has 22 heavy (non-hydrogen) atoms. The highest BCUT2D eigenvalue weighted by Crippen LogP contribution is 2.21. The zero-order valence-corrected chi connectivity index (χ0v) is 13.2. The molecule has 0 amide bonds. The van der Waals surface area contributed by atoms with Crippen molar-refractivity contribution in [3.63, 3.8) is 0 Å². The third-order valence-electron chi connectivity index (χ3n) is 4.34. The van der Waals surface area contributed by atoms with E-state index >= 15 is 0 Å². The van der Waals surface area contributed by atoms with Gasteiger partial charge in [-0.05, 0) is 57.0 Å². The number of nitrogens with one attached hydrogen (secondary N) is 1. The van der Waals surface area contributed by atoms with Gasteiger partial charge < -0.3 is 15.3 Å². The molecule has 1 unspecified atom stereocenters. The Morgan fingerprint density at radius 3 is 2.73 bits per heavy atom. The number of hydrogen-bond acceptors (Lipinski definition) is 3. The van der Waals surface area contributed by atoms with Crippen LogP contribution in [-0.4, -0.2) is 42.3 Å². The van der Waals surface area contributed by atoms with Crippen molar-refractivity contribution in [2.24, 2.45) is 0 Å². The van der Waals surface area contributed by atoms with Gasteiger partial charge in [0, 0.05) is 24.7 Å². The van der Waals surface area contributed by atoms with Crippen LogP contribution >= 0.6 is 0 Å². The van der Waals surface area contributed by atoms with Crippen molar-refractivity contribution >= 4 is 0 Å². The minimum Gasteiger partial charge on any atom is -0.393 e. The van der Waals surface area contributed by atoms with Crippen LogP contribution in [0.1, 0.15) is 44.2 Å². The molecule has 1 atom stereocenters. The number of piperidine rings is 1. The Balaban J connectivity index is 1.75. The van der Waals surface area contributed by atoms with Crippen molar-refractivity contribution < 1.29 is 13.9 Å². The Morgan fingerprint density at radius 1 is 1.32 bits per heavy atom. The van der Waals surface area contributed by atoms with Crippen molar-refractivity contribution in [3.05, 3.63) is 35.4 Å². The number of nitrogens with zero attached hydrogens (tertiary/aromatic N) is 1. The van der Waals surface area contributed by atoms with E-state index in [0.29, 0.717) is 5.56 Å². The highest BCUT2D eigenvalue weighted by atomic mass is 19.1. The van der Waals surface area contributed by atoms with Gasteiger partial charge in [-0.2, -0.15) is 0 Å². The van der Waals surface area contributed by atoms with Crippen LogP contribution in [0, 0.1) is 11.6 Å². The molecule has 1 aliphatic heterocycles. The van der Waals surface area contributed by atoms with Crippen LogP contribution in [-0.2, 0) is 0 Å². The molecule has 0 aromatic heterocycles. The fourth-order valence-electron chi connectivity index (χ4n) is 2.98. The Labute approximate surface area is 131 Å². The maximum absolute atomic E-state index is 13.8. The lowest BCUT2D eigenvalue weighted by Gasteiger charge is -2.29. The summed E-state index contributed by atoms with van der Waals surface area (Å²) in [5.74, 6) is -0.755. The van der Waals surface area contributed by atoms with Gasteiger partial charge in [0.05, 0.1) is 6.10 Å². The quantitative estimate of drug-likeness (QED) is 0.760. The molecule has 1 aromatic carbocycles. The van der Waals surface area contributed by atoms with E-state index in [2.05, 4.69) is 10.2 Å². The first kappa shape index (κ1) is 17.3. The smallest absolute Gasteiger partial charge is 0.128 e. The van der Waals surface area contributed by atoms with Gasteiger partial charge in [-0.15, -0.1) is 0 Å². The van der Waals surface area contributed by atoms with Crippen LogP contribution in [0.25, 0.3) is 0 Å². The Morgan fingerprint density at radius 2 is 2.05 bits per heavy atom. The molecule has 0 bridgehead atoms. The van der Waals surface area contributed by atoms with Gasteiger partial charge in [-0.1, -0.05) is 6.92 Å². The zero-order valence-electron chi connectivity index (χ0n) is 13.2. The second kappa shape index (κ2) is 8.56. The molecule has 2 rings (SSSR count). The van der Waals surface area contributed by atoms with Gasteiger partial charge in [-0.25, -0.2) is 8.78 Å². The molecule has 1 saturated heterocycles. The number of rotatable bonds is 7. The number of aliphatic hydroxyl groups excluding tert-OH is 1. The summed E-state index contributed by atoms with van der Waals surface area (Å²) >= 11 is 0. The summed E-state index contributed by atoms with van der Waals surface area (Å²) in [5, 5.41) is 12.8. The SMILES string of the molecule is CCC(NCCCN1CCC(O)CC1)c1cc(F)ccc1F. The van der Waals surface area contributed by atoms with Crippen LogP contribution in [0.5, 0.6) is 0 Å². The summed E-state index contributed by atoms with van der Waals surface area (Å²) in [5.41, 5.74) is 0.406. The second-order valence-corrected chi connectivity index (χ2v) is 6.01. The predicted molar refractivity (Wildman–Crippen MR) is 83.7 cm³/mol. The largest absolute Gasteiger partial charge is 0.393 e. The van der Waals surface area contributed by atoms with Crippen molar-refractivity contribution in [2.75, 3.05) is 26.2 Å². The molecule has 0 saturated carbocycles. The van der Waals surface area contributed by atoms with E-state index in [1.54, 1.807) is 0 Å². The zero-order chi connectivity index (χ0) is 15.9. The van der Waals surface area contributed by atoms with Gasteiger partial charge in [0.15, 0.2) is 0 Å². The van der Waals surface area contributed by atoms with Gasteiger partial charge in [-0.3, -0.25) is 0 Å². The molecule has 2 N–H and O–H groups in total. The van der Waals surface area contributed by atoms with Crippen molar-refractivity contribution in [1.82, 2.24) is 10.2 Å².